The van der Waals surface area contributed by atoms with Gasteiger partial charge in [-0.1, -0.05) is 0 Å². The van der Waals surface area contributed by atoms with Crippen LogP contribution < -0.4 is 0 Å². The van der Waals surface area contributed by atoms with Gasteiger partial charge in [-0.25, -0.2) is 0 Å². The monoisotopic (exact) mass is 176 g/mol. The van der Waals surface area contributed by atoms with E-state index >= 15 is 0 Å². The van der Waals surface area contributed by atoms with Crippen molar-refractivity contribution in [3.8, 4) is 0 Å². The lowest BCUT2D eigenvalue weighted by atomic mass is 10.0. The first-order chi connectivity index (χ1) is 5.43. The maximum atomic E-state index is 11.0. The Labute approximate surface area is 71.8 Å². The van der Waals surface area contributed by atoms with Gasteiger partial charge < -0.3 is 15.3 Å². The molecule has 2 unspecified atom stereocenters. The SMILES string of the molecule is CC(O)CC(=O)[C@H](O)CC(C)O. The molecule has 0 spiro atoms. The second-order valence-corrected chi connectivity index (χ2v) is 3.12. The molecule has 0 saturated heterocycles. The Morgan fingerprint density at radius 3 is 2.00 bits per heavy atom. The predicted octanol–water partition coefficient (Wildman–Crippen LogP) is -0.542. The third-order valence-electron chi connectivity index (χ3n) is 1.43. The third kappa shape index (κ3) is 5.23. The molecule has 0 aliphatic heterocycles. The molecule has 72 valence electrons. The average Bonchev–Trinajstić information content (AvgIpc) is 1.84. The van der Waals surface area contributed by atoms with Crippen molar-refractivity contribution in [3.63, 3.8) is 0 Å². The van der Waals surface area contributed by atoms with Crippen LogP contribution in [0.2, 0.25) is 0 Å². The second-order valence-electron chi connectivity index (χ2n) is 3.12. The molecule has 0 aromatic rings. The molecule has 0 aromatic carbocycles. The Morgan fingerprint density at radius 2 is 1.67 bits per heavy atom. The summed E-state index contributed by atoms with van der Waals surface area (Å²) in [4.78, 5) is 11.0. The standard InChI is InChI=1S/C8H16O4/c1-5(9)3-7(11)8(12)4-6(2)10/h5-7,9-11H,3-4H2,1-2H3/t5?,6?,7-/m1/s1. The van der Waals surface area contributed by atoms with Crippen LogP contribution in [-0.4, -0.2) is 39.4 Å². The summed E-state index contributed by atoms with van der Waals surface area (Å²) in [6.45, 7) is 2.98. The fourth-order valence-corrected chi connectivity index (χ4v) is 0.882. The number of Topliss-reactive ketones (excluding diaryl/α,β-unsaturated/α-hetero) is 1. The van der Waals surface area contributed by atoms with Crippen LogP contribution in [0.3, 0.4) is 0 Å². The summed E-state index contributed by atoms with van der Waals surface area (Å²) in [6, 6.07) is 0. The lowest BCUT2D eigenvalue weighted by molar-refractivity contribution is -0.130. The zero-order valence-corrected chi connectivity index (χ0v) is 7.40. The Hall–Kier alpha value is -0.450. The molecule has 0 amide bonds. The van der Waals surface area contributed by atoms with Gasteiger partial charge in [0.2, 0.25) is 0 Å². The van der Waals surface area contributed by atoms with Crippen molar-refractivity contribution in [1.29, 1.82) is 0 Å². The van der Waals surface area contributed by atoms with E-state index in [-0.39, 0.29) is 12.8 Å². The van der Waals surface area contributed by atoms with Gasteiger partial charge in [0, 0.05) is 12.8 Å². The van der Waals surface area contributed by atoms with Crippen molar-refractivity contribution >= 4 is 5.78 Å². The van der Waals surface area contributed by atoms with Crippen molar-refractivity contribution in [2.45, 2.75) is 45.0 Å². The van der Waals surface area contributed by atoms with Crippen molar-refractivity contribution in [2.75, 3.05) is 0 Å². The molecule has 0 rings (SSSR count). The fourth-order valence-electron chi connectivity index (χ4n) is 0.882. The van der Waals surface area contributed by atoms with Crippen molar-refractivity contribution in [3.05, 3.63) is 0 Å². The van der Waals surface area contributed by atoms with E-state index < -0.39 is 24.1 Å². The summed E-state index contributed by atoms with van der Waals surface area (Å²) in [5.74, 6) is -0.425. The lowest BCUT2D eigenvalue weighted by Gasteiger charge is -2.11. The molecule has 3 atom stereocenters. The number of aliphatic hydroxyl groups excluding tert-OH is 3. The number of carbonyl (C=O) groups excluding carboxylic acids is 1. The highest BCUT2D eigenvalue weighted by Gasteiger charge is 2.18. The first-order valence-electron chi connectivity index (χ1n) is 4.00. The average molecular weight is 176 g/mol. The van der Waals surface area contributed by atoms with Gasteiger partial charge >= 0.3 is 0 Å². The fraction of sp³-hybridized carbons (Fsp3) is 0.875. The maximum absolute atomic E-state index is 11.0. The molecule has 3 N–H and O–H groups in total. The molecular weight excluding hydrogens is 160 g/mol. The highest BCUT2D eigenvalue weighted by Crippen LogP contribution is 2.03. The summed E-state index contributed by atoms with van der Waals surface area (Å²) in [5, 5.41) is 26.8. The molecule has 0 heterocycles. The van der Waals surface area contributed by atoms with Crippen LogP contribution in [0.15, 0.2) is 0 Å². The van der Waals surface area contributed by atoms with Crippen LogP contribution in [0.5, 0.6) is 0 Å². The van der Waals surface area contributed by atoms with Gasteiger partial charge in [-0.15, -0.1) is 0 Å². The van der Waals surface area contributed by atoms with Gasteiger partial charge in [0.25, 0.3) is 0 Å². The number of ketones is 1. The number of hydrogen-bond donors (Lipinski definition) is 3. The Bertz CT molecular complexity index is 142. The Kier molecular flexibility index (Phi) is 5.04. The van der Waals surface area contributed by atoms with Crippen LogP contribution in [-0.2, 0) is 4.79 Å². The van der Waals surface area contributed by atoms with E-state index in [1.807, 2.05) is 0 Å². The van der Waals surface area contributed by atoms with Crippen LogP contribution in [0.1, 0.15) is 26.7 Å². The highest BCUT2D eigenvalue weighted by atomic mass is 16.3. The summed E-state index contributed by atoms with van der Waals surface area (Å²) >= 11 is 0. The van der Waals surface area contributed by atoms with Crippen LogP contribution in [0.25, 0.3) is 0 Å². The smallest absolute Gasteiger partial charge is 0.163 e. The van der Waals surface area contributed by atoms with Gasteiger partial charge in [-0.2, -0.15) is 0 Å². The third-order valence-corrected chi connectivity index (χ3v) is 1.43. The number of rotatable bonds is 5. The molecule has 0 bridgehead atoms. The van der Waals surface area contributed by atoms with E-state index in [0.29, 0.717) is 0 Å². The minimum atomic E-state index is -1.15. The van der Waals surface area contributed by atoms with Gasteiger partial charge in [0.15, 0.2) is 5.78 Å². The van der Waals surface area contributed by atoms with Crippen molar-refractivity contribution < 1.29 is 20.1 Å². The lowest BCUT2D eigenvalue weighted by Crippen LogP contribution is -2.27. The molecule has 4 heteroatoms. The first kappa shape index (κ1) is 11.6. The van der Waals surface area contributed by atoms with Gasteiger partial charge in [0.05, 0.1) is 12.2 Å². The number of aliphatic hydroxyl groups is 3. The minimum absolute atomic E-state index is 0.0333. The first-order valence-corrected chi connectivity index (χ1v) is 4.00. The number of carbonyl (C=O) groups is 1. The molecule has 0 aliphatic carbocycles. The van der Waals surface area contributed by atoms with E-state index in [0.717, 1.165) is 0 Å². The second kappa shape index (κ2) is 5.24. The minimum Gasteiger partial charge on any atom is -0.393 e. The highest BCUT2D eigenvalue weighted by molar-refractivity contribution is 5.83. The van der Waals surface area contributed by atoms with Gasteiger partial charge in [-0.3, -0.25) is 4.79 Å². The normalized spacial score (nSPS) is 18.4. The van der Waals surface area contributed by atoms with Crippen molar-refractivity contribution in [1.82, 2.24) is 0 Å². The predicted molar refractivity (Wildman–Crippen MR) is 43.6 cm³/mol. The van der Waals surface area contributed by atoms with Gasteiger partial charge in [0.1, 0.15) is 6.10 Å². The van der Waals surface area contributed by atoms with E-state index in [9.17, 15) is 4.79 Å². The van der Waals surface area contributed by atoms with E-state index in [1.165, 1.54) is 13.8 Å². The summed E-state index contributed by atoms with van der Waals surface area (Å²) < 4.78 is 0. The zero-order valence-electron chi connectivity index (χ0n) is 7.40. The van der Waals surface area contributed by atoms with Crippen LogP contribution >= 0.6 is 0 Å². The van der Waals surface area contributed by atoms with E-state index in [1.54, 1.807) is 0 Å². The van der Waals surface area contributed by atoms with E-state index in [4.69, 9.17) is 15.3 Å². The largest absolute Gasteiger partial charge is 0.393 e. The molecule has 0 saturated carbocycles. The maximum Gasteiger partial charge on any atom is 0.163 e. The molecule has 4 nitrogen and oxygen atoms in total. The number of hydrogen-bond acceptors (Lipinski definition) is 4. The summed E-state index contributed by atoms with van der Waals surface area (Å²) in [7, 11) is 0. The van der Waals surface area contributed by atoms with E-state index in [2.05, 4.69) is 0 Å². The molecular formula is C8H16O4. The molecule has 0 aromatic heterocycles. The summed E-state index contributed by atoms with van der Waals surface area (Å²) in [6.07, 6.45) is -2.61. The molecule has 0 fully saturated rings. The Morgan fingerprint density at radius 1 is 1.17 bits per heavy atom. The van der Waals surface area contributed by atoms with Crippen LogP contribution in [0.4, 0.5) is 0 Å². The van der Waals surface area contributed by atoms with Gasteiger partial charge in [-0.05, 0) is 13.8 Å². The van der Waals surface area contributed by atoms with Crippen molar-refractivity contribution in [2.24, 2.45) is 0 Å². The van der Waals surface area contributed by atoms with Crippen LogP contribution in [0, 0.1) is 0 Å². The summed E-state index contributed by atoms with van der Waals surface area (Å²) in [5.41, 5.74) is 0. The molecule has 0 aliphatic rings. The molecule has 12 heavy (non-hydrogen) atoms. The topological polar surface area (TPSA) is 77.8 Å². The Balaban J connectivity index is 3.77. The quantitative estimate of drug-likeness (QED) is 0.525. The zero-order chi connectivity index (χ0) is 9.72. The molecule has 0 radical (unpaired) electrons.